The molecule has 3 atom stereocenters. The van der Waals surface area contributed by atoms with Gasteiger partial charge >= 0.3 is 0 Å². The monoisotopic (exact) mass is 389 g/mol. The van der Waals surface area contributed by atoms with Crippen molar-refractivity contribution >= 4 is 20.2 Å². The van der Waals surface area contributed by atoms with E-state index in [0.717, 1.165) is 6.42 Å². The molecule has 1 fully saturated rings. The zero-order valence-electron chi connectivity index (χ0n) is 15.1. The lowest BCUT2D eigenvalue weighted by atomic mass is 9.94. The molecular weight excluding hydrogens is 362 g/mol. The second kappa shape index (κ2) is 7.32. The van der Waals surface area contributed by atoms with Crippen LogP contribution in [0.2, 0.25) is 0 Å². The molecule has 25 heavy (non-hydrogen) atoms. The van der Waals surface area contributed by atoms with Crippen molar-refractivity contribution in [2.75, 3.05) is 20.1 Å². The largest absolute Gasteiger partial charge is 0.282 e. The topological polar surface area (TPSA) is 101 Å². The third-order valence-corrected chi connectivity index (χ3v) is 7.69. The van der Waals surface area contributed by atoms with E-state index in [1.54, 1.807) is 30.4 Å². The first-order valence-corrected chi connectivity index (χ1v) is 11.2. The molecule has 1 saturated heterocycles. The van der Waals surface area contributed by atoms with Crippen LogP contribution in [0.15, 0.2) is 29.2 Å². The number of primary sulfonamides is 1. The first kappa shape index (κ1) is 20.3. The Balaban J connectivity index is 2.22. The molecule has 0 saturated carbocycles. The second-order valence-corrected chi connectivity index (χ2v) is 10.6. The highest BCUT2D eigenvalue weighted by Gasteiger charge is 2.35. The summed E-state index contributed by atoms with van der Waals surface area (Å²) in [6, 6.07) is 5.56. The third-order valence-electron chi connectivity index (χ3n) is 4.76. The molecule has 7 nitrogen and oxygen atoms in total. The average molecular weight is 390 g/mol. The van der Waals surface area contributed by atoms with E-state index in [9.17, 15) is 16.8 Å². The first-order chi connectivity index (χ1) is 11.4. The lowest BCUT2D eigenvalue weighted by molar-refractivity contribution is 0.207. The van der Waals surface area contributed by atoms with E-state index in [1.165, 1.54) is 16.4 Å². The highest BCUT2D eigenvalue weighted by molar-refractivity contribution is 7.89. The molecule has 9 heteroatoms. The van der Waals surface area contributed by atoms with Crippen molar-refractivity contribution in [1.29, 1.82) is 0 Å². The van der Waals surface area contributed by atoms with Crippen LogP contribution in [-0.2, 0) is 20.2 Å². The van der Waals surface area contributed by atoms with E-state index in [2.05, 4.69) is 13.8 Å². The number of hydrogen-bond donors (Lipinski definition) is 1. The Morgan fingerprint density at radius 3 is 2.00 bits per heavy atom. The molecule has 0 amide bonds. The Bertz CT molecular complexity index is 796. The van der Waals surface area contributed by atoms with E-state index >= 15 is 0 Å². The van der Waals surface area contributed by atoms with E-state index in [4.69, 9.17) is 5.14 Å². The molecule has 2 rings (SSSR count). The summed E-state index contributed by atoms with van der Waals surface area (Å²) < 4.78 is 51.5. The predicted molar refractivity (Wildman–Crippen MR) is 97.4 cm³/mol. The van der Waals surface area contributed by atoms with E-state index in [0.29, 0.717) is 30.5 Å². The average Bonchev–Trinajstić information content (AvgIpc) is 2.51. The number of benzene rings is 1. The van der Waals surface area contributed by atoms with Gasteiger partial charge in [-0.25, -0.2) is 13.6 Å². The molecule has 2 N–H and O–H groups in total. The van der Waals surface area contributed by atoms with E-state index in [1.807, 2.05) is 0 Å². The molecule has 1 aromatic carbocycles. The molecule has 142 valence electrons. The highest BCUT2D eigenvalue weighted by atomic mass is 32.2. The number of piperidine rings is 1. The maximum Gasteiger partial charge on any atom is 0.282 e. The highest BCUT2D eigenvalue weighted by Crippen LogP contribution is 2.28. The van der Waals surface area contributed by atoms with Crippen molar-refractivity contribution in [3.8, 4) is 0 Å². The van der Waals surface area contributed by atoms with Gasteiger partial charge in [-0.3, -0.25) is 0 Å². The predicted octanol–water partition coefficient (Wildman–Crippen LogP) is 1.55. The van der Waals surface area contributed by atoms with Crippen molar-refractivity contribution < 1.29 is 16.8 Å². The molecular formula is C16H27N3O4S2. The van der Waals surface area contributed by atoms with Gasteiger partial charge in [0.05, 0.1) is 4.90 Å². The Morgan fingerprint density at radius 1 is 1.08 bits per heavy atom. The summed E-state index contributed by atoms with van der Waals surface area (Å²) in [6.07, 6.45) is 1.03. The Kier molecular flexibility index (Phi) is 5.95. The summed E-state index contributed by atoms with van der Waals surface area (Å²) in [5, 5.41) is 5.09. The maximum atomic E-state index is 13.0. The van der Waals surface area contributed by atoms with Gasteiger partial charge < -0.3 is 0 Å². The molecule has 1 heterocycles. The minimum Gasteiger partial charge on any atom is -0.225 e. The van der Waals surface area contributed by atoms with E-state index < -0.39 is 26.3 Å². The fourth-order valence-electron chi connectivity index (χ4n) is 3.32. The molecule has 0 radical (unpaired) electrons. The number of nitrogens with two attached hydrogens (primary N) is 1. The second-order valence-electron chi connectivity index (χ2n) is 7.08. The maximum absolute atomic E-state index is 13.0. The smallest absolute Gasteiger partial charge is 0.225 e. The number of rotatable bonds is 5. The van der Waals surface area contributed by atoms with E-state index in [-0.39, 0.29) is 4.90 Å². The van der Waals surface area contributed by atoms with Crippen LogP contribution in [0.5, 0.6) is 0 Å². The molecule has 1 aliphatic rings. The van der Waals surface area contributed by atoms with Crippen molar-refractivity contribution in [3.63, 3.8) is 0 Å². The molecule has 1 aromatic rings. The van der Waals surface area contributed by atoms with Crippen molar-refractivity contribution in [3.05, 3.63) is 29.8 Å². The molecule has 0 unspecified atom stereocenters. The fraction of sp³-hybridized carbons (Fsp3) is 0.625. The van der Waals surface area contributed by atoms with Gasteiger partial charge in [0.1, 0.15) is 0 Å². The zero-order valence-corrected chi connectivity index (χ0v) is 16.7. The SMILES string of the molecule is C[C@@H]1C[C@H](C)CN(S(=O)(=O)N(C)[C@H](C)c2ccc(S(N)(=O)=O)cc2)C1. The summed E-state index contributed by atoms with van der Waals surface area (Å²) >= 11 is 0. The van der Waals surface area contributed by atoms with Crippen LogP contribution >= 0.6 is 0 Å². The van der Waals surface area contributed by atoms with Gasteiger partial charge in [-0.05, 0) is 42.9 Å². The molecule has 1 aliphatic heterocycles. The first-order valence-electron chi connectivity index (χ1n) is 8.28. The van der Waals surface area contributed by atoms with Crippen LogP contribution < -0.4 is 5.14 Å². The van der Waals surface area contributed by atoms with Gasteiger partial charge in [0.25, 0.3) is 10.2 Å². The van der Waals surface area contributed by atoms with Crippen LogP contribution in [0.3, 0.4) is 0 Å². The molecule has 0 spiro atoms. The number of hydrogen-bond acceptors (Lipinski definition) is 4. The lowest BCUT2D eigenvalue weighted by Gasteiger charge is -2.37. The van der Waals surface area contributed by atoms with Crippen LogP contribution in [0.4, 0.5) is 0 Å². The van der Waals surface area contributed by atoms with Crippen LogP contribution in [0.1, 0.15) is 38.8 Å². The summed E-state index contributed by atoms with van der Waals surface area (Å²) in [5.74, 6) is 0.660. The summed E-state index contributed by atoms with van der Waals surface area (Å²) in [4.78, 5) is 0.00707. The summed E-state index contributed by atoms with van der Waals surface area (Å²) in [6.45, 7) is 6.95. The molecule has 0 aromatic heterocycles. The van der Waals surface area contributed by atoms with Gasteiger partial charge in [0.15, 0.2) is 0 Å². The van der Waals surface area contributed by atoms with Crippen LogP contribution in [-0.4, -0.2) is 45.6 Å². The third kappa shape index (κ3) is 4.59. The Hall–Kier alpha value is -1.00. The minimum absolute atomic E-state index is 0.00707. The normalized spacial score (nSPS) is 24.4. The summed E-state index contributed by atoms with van der Waals surface area (Å²) in [5.41, 5.74) is 0.705. The number of nitrogens with zero attached hydrogens (tertiary/aromatic N) is 2. The summed E-state index contributed by atoms with van der Waals surface area (Å²) in [7, 11) is -5.80. The van der Waals surface area contributed by atoms with Gasteiger partial charge in [-0.1, -0.05) is 26.0 Å². The van der Waals surface area contributed by atoms with Crippen molar-refractivity contribution in [2.45, 2.75) is 38.1 Å². The number of sulfonamides is 1. The van der Waals surface area contributed by atoms with Gasteiger partial charge in [0.2, 0.25) is 10.0 Å². The van der Waals surface area contributed by atoms with Gasteiger partial charge in [-0.2, -0.15) is 17.0 Å². The van der Waals surface area contributed by atoms with Crippen LogP contribution in [0.25, 0.3) is 0 Å². The Labute approximate surface area is 151 Å². The quantitative estimate of drug-likeness (QED) is 0.825. The van der Waals surface area contributed by atoms with Crippen molar-refractivity contribution in [2.24, 2.45) is 17.0 Å². The zero-order chi connectivity index (χ0) is 19.0. The lowest BCUT2D eigenvalue weighted by Crippen LogP contribution is -2.48. The molecule has 0 bridgehead atoms. The fourth-order valence-corrected chi connectivity index (χ4v) is 5.61. The minimum atomic E-state index is -3.76. The van der Waals surface area contributed by atoms with Crippen molar-refractivity contribution in [1.82, 2.24) is 8.61 Å². The van der Waals surface area contributed by atoms with Gasteiger partial charge in [0, 0.05) is 26.2 Å². The Morgan fingerprint density at radius 2 is 1.56 bits per heavy atom. The van der Waals surface area contributed by atoms with Gasteiger partial charge in [-0.15, -0.1) is 0 Å². The standard InChI is InChI=1S/C16H27N3O4S2/c1-12-9-13(2)11-19(10-12)25(22,23)18(4)14(3)15-5-7-16(8-6-15)24(17,20)21/h5-8,12-14H,9-11H2,1-4H3,(H2,17,20,21)/t12-,13+,14-/m1/s1. The van der Waals surface area contributed by atoms with Crippen LogP contribution in [0, 0.1) is 11.8 Å². The molecule has 0 aliphatic carbocycles.